The average molecular weight is 227 g/mol. The monoisotopic (exact) mass is 227 g/mol. The fraction of sp³-hybridized carbons (Fsp3) is 0.500. The van der Waals surface area contributed by atoms with Crippen molar-refractivity contribution in [3.63, 3.8) is 0 Å². The van der Waals surface area contributed by atoms with Crippen LogP contribution >= 0.6 is 0 Å². The summed E-state index contributed by atoms with van der Waals surface area (Å²) in [5, 5.41) is 21.8. The first-order valence-corrected chi connectivity index (χ1v) is 5.35. The van der Waals surface area contributed by atoms with Crippen LogP contribution in [0.2, 0.25) is 0 Å². The number of aliphatic hydroxyl groups is 2. The lowest BCUT2D eigenvalue weighted by Crippen LogP contribution is -2.40. The zero-order valence-corrected chi connectivity index (χ0v) is 9.52. The van der Waals surface area contributed by atoms with Crippen molar-refractivity contribution in [2.24, 2.45) is 0 Å². The summed E-state index contributed by atoms with van der Waals surface area (Å²) in [5.74, 6) is -0.362. The molecule has 1 rings (SSSR count). The highest BCUT2D eigenvalue weighted by Crippen LogP contribution is 2.17. The Morgan fingerprint density at radius 3 is 2.62 bits per heavy atom. The molecule has 90 valence electrons. The van der Waals surface area contributed by atoms with Gasteiger partial charge in [-0.1, -0.05) is 12.1 Å². The lowest BCUT2D eigenvalue weighted by molar-refractivity contribution is 0.121. The normalized spacial score (nSPS) is 16.8. The van der Waals surface area contributed by atoms with Crippen molar-refractivity contribution in [3.8, 4) is 0 Å². The molecular weight excluding hydrogens is 209 g/mol. The summed E-state index contributed by atoms with van der Waals surface area (Å²) in [4.78, 5) is 0. The van der Waals surface area contributed by atoms with Crippen molar-refractivity contribution in [2.75, 3.05) is 6.61 Å². The van der Waals surface area contributed by atoms with Gasteiger partial charge in [0.1, 0.15) is 5.82 Å². The number of hydrogen-bond donors (Lipinski definition) is 3. The molecule has 0 amide bonds. The van der Waals surface area contributed by atoms with E-state index in [0.717, 1.165) is 0 Å². The Balaban J connectivity index is 2.66. The first kappa shape index (κ1) is 13.1. The third kappa shape index (κ3) is 3.56. The van der Waals surface area contributed by atoms with Crippen molar-refractivity contribution in [2.45, 2.75) is 32.0 Å². The Labute approximate surface area is 94.9 Å². The summed E-state index contributed by atoms with van der Waals surface area (Å²) < 4.78 is 12.9. The molecule has 3 atom stereocenters. The Morgan fingerprint density at radius 2 is 2.06 bits per heavy atom. The van der Waals surface area contributed by atoms with E-state index in [1.54, 1.807) is 19.1 Å². The van der Waals surface area contributed by atoms with E-state index in [1.807, 2.05) is 6.92 Å². The number of aliphatic hydroxyl groups excluding tert-OH is 2. The van der Waals surface area contributed by atoms with E-state index < -0.39 is 6.10 Å². The summed E-state index contributed by atoms with van der Waals surface area (Å²) in [6.45, 7) is 3.61. The average Bonchev–Trinajstić information content (AvgIpc) is 2.27. The largest absolute Gasteiger partial charge is 0.395 e. The van der Waals surface area contributed by atoms with E-state index in [0.29, 0.717) is 5.56 Å². The van der Waals surface area contributed by atoms with Gasteiger partial charge in [-0.25, -0.2) is 4.39 Å². The zero-order valence-electron chi connectivity index (χ0n) is 9.52. The van der Waals surface area contributed by atoms with Crippen LogP contribution in [-0.2, 0) is 0 Å². The summed E-state index contributed by atoms with van der Waals surface area (Å²) in [6.07, 6.45) is -0.787. The lowest BCUT2D eigenvalue weighted by Gasteiger charge is -2.23. The molecule has 0 heterocycles. The lowest BCUT2D eigenvalue weighted by atomic mass is 10.0. The minimum Gasteiger partial charge on any atom is -0.395 e. The molecule has 0 saturated carbocycles. The quantitative estimate of drug-likeness (QED) is 0.709. The predicted octanol–water partition coefficient (Wildman–Crippen LogP) is 1.22. The zero-order chi connectivity index (χ0) is 12.1. The van der Waals surface area contributed by atoms with E-state index in [1.165, 1.54) is 12.1 Å². The Bertz CT molecular complexity index is 333. The van der Waals surface area contributed by atoms with Gasteiger partial charge in [-0.15, -0.1) is 0 Å². The van der Waals surface area contributed by atoms with Gasteiger partial charge in [-0.05, 0) is 31.5 Å². The van der Waals surface area contributed by atoms with Crippen molar-refractivity contribution in [3.05, 3.63) is 35.6 Å². The molecule has 0 fully saturated rings. The second-order valence-electron chi connectivity index (χ2n) is 4.04. The molecule has 0 bridgehead atoms. The fourth-order valence-electron chi connectivity index (χ4n) is 1.57. The standard InChI is InChI=1S/C12H18FNO2/c1-8(7-15)14-9(2)12(16)10-4-3-5-11(13)6-10/h3-6,8-9,12,14-16H,7H2,1-2H3/t8-,9?,12?/m1/s1. The van der Waals surface area contributed by atoms with Gasteiger partial charge in [0.05, 0.1) is 12.7 Å². The molecule has 4 heteroatoms. The molecule has 3 nitrogen and oxygen atoms in total. The molecule has 2 unspecified atom stereocenters. The smallest absolute Gasteiger partial charge is 0.123 e. The molecule has 0 aliphatic heterocycles. The molecule has 1 aromatic carbocycles. The molecule has 3 N–H and O–H groups in total. The highest BCUT2D eigenvalue weighted by molar-refractivity contribution is 5.19. The topological polar surface area (TPSA) is 52.5 Å². The van der Waals surface area contributed by atoms with Crippen LogP contribution in [0.5, 0.6) is 0 Å². The summed E-state index contributed by atoms with van der Waals surface area (Å²) >= 11 is 0. The molecule has 0 spiro atoms. The van der Waals surface area contributed by atoms with Crippen molar-refractivity contribution in [1.82, 2.24) is 5.32 Å². The number of nitrogens with one attached hydrogen (secondary N) is 1. The van der Waals surface area contributed by atoms with Gasteiger partial charge in [0.15, 0.2) is 0 Å². The predicted molar refractivity (Wildman–Crippen MR) is 60.5 cm³/mol. The Hall–Kier alpha value is -0.970. The number of hydrogen-bond acceptors (Lipinski definition) is 3. The third-order valence-electron chi connectivity index (χ3n) is 2.49. The third-order valence-corrected chi connectivity index (χ3v) is 2.49. The molecule has 0 radical (unpaired) electrons. The van der Waals surface area contributed by atoms with Crippen LogP contribution in [-0.4, -0.2) is 28.9 Å². The van der Waals surface area contributed by atoms with E-state index >= 15 is 0 Å². The summed E-state index contributed by atoms with van der Waals surface area (Å²) in [6, 6.07) is 5.55. The first-order chi connectivity index (χ1) is 7.54. The maximum Gasteiger partial charge on any atom is 0.123 e. The van der Waals surface area contributed by atoms with Gasteiger partial charge in [0.25, 0.3) is 0 Å². The Kier molecular flexibility index (Phi) is 4.86. The van der Waals surface area contributed by atoms with Crippen molar-refractivity contribution in [1.29, 1.82) is 0 Å². The molecule has 0 saturated heterocycles. The summed E-state index contributed by atoms with van der Waals surface area (Å²) in [7, 11) is 0. The van der Waals surface area contributed by atoms with Crippen LogP contribution in [0.25, 0.3) is 0 Å². The molecule has 1 aromatic rings. The SMILES string of the molecule is CC(N[C@H](C)CO)C(O)c1cccc(F)c1. The van der Waals surface area contributed by atoms with Gasteiger partial charge >= 0.3 is 0 Å². The molecule has 16 heavy (non-hydrogen) atoms. The maximum atomic E-state index is 12.9. The fourth-order valence-corrected chi connectivity index (χ4v) is 1.57. The minimum absolute atomic E-state index is 0.000209. The molecule has 0 aliphatic carbocycles. The van der Waals surface area contributed by atoms with Gasteiger partial charge in [0.2, 0.25) is 0 Å². The van der Waals surface area contributed by atoms with Crippen LogP contribution < -0.4 is 5.32 Å². The van der Waals surface area contributed by atoms with Gasteiger partial charge in [-0.2, -0.15) is 0 Å². The van der Waals surface area contributed by atoms with Crippen LogP contribution in [0, 0.1) is 5.82 Å². The second kappa shape index (κ2) is 5.94. The van der Waals surface area contributed by atoms with Crippen LogP contribution in [0.15, 0.2) is 24.3 Å². The minimum atomic E-state index is -0.787. The van der Waals surface area contributed by atoms with Crippen LogP contribution in [0.3, 0.4) is 0 Å². The van der Waals surface area contributed by atoms with E-state index in [2.05, 4.69) is 5.32 Å². The summed E-state index contributed by atoms with van der Waals surface area (Å²) in [5.41, 5.74) is 0.533. The van der Waals surface area contributed by atoms with Crippen molar-refractivity contribution < 1.29 is 14.6 Å². The molecule has 0 aromatic heterocycles. The van der Waals surface area contributed by atoms with Crippen LogP contribution in [0.1, 0.15) is 25.5 Å². The van der Waals surface area contributed by atoms with E-state index in [9.17, 15) is 9.50 Å². The molecule has 0 aliphatic rings. The van der Waals surface area contributed by atoms with E-state index in [4.69, 9.17) is 5.11 Å². The molecular formula is C12H18FNO2. The van der Waals surface area contributed by atoms with Gasteiger partial charge in [0, 0.05) is 12.1 Å². The number of halogens is 1. The van der Waals surface area contributed by atoms with Crippen molar-refractivity contribution >= 4 is 0 Å². The maximum absolute atomic E-state index is 12.9. The van der Waals surface area contributed by atoms with Gasteiger partial charge in [-0.3, -0.25) is 0 Å². The number of benzene rings is 1. The highest BCUT2D eigenvalue weighted by atomic mass is 19.1. The van der Waals surface area contributed by atoms with E-state index in [-0.39, 0.29) is 24.5 Å². The Morgan fingerprint density at radius 1 is 1.38 bits per heavy atom. The van der Waals surface area contributed by atoms with Crippen LogP contribution in [0.4, 0.5) is 4.39 Å². The first-order valence-electron chi connectivity index (χ1n) is 5.35. The number of rotatable bonds is 5. The highest BCUT2D eigenvalue weighted by Gasteiger charge is 2.17. The van der Waals surface area contributed by atoms with Gasteiger partial charge < -0.3 is 15.5 Å². The second-order valence-corrected chi connectivity index (χ2v) is 4.04.